The van der Waals surface area contributed by atoms with Crippen LogP contribution >= 0.6 is 0 Å². The molecule has 4 aromatic rings. The van der Waals surface area contributed by atoms with Gasteiger partial charge >= 0.3 is 6.03 Å². The van der Waals surface area contributed by atoms with E-state index < -0.39 is 12.1 Å². The van der Waals surface area contributed by atoms with Crippen molar-refractivity contribution >= 4 is 23.3 Å². The van der Waals surface area contributed by atoms with Crippen molar-refractivity contribution in [3.63, 3.8) is 0 Å². The molecule has 3 atom stereocenters. The summed E-state index contributed by atoms with van der Waals surface area (Å²) >= 11 is 0. The standard InChI is InChI=1S/C37H40N4O7/c1-24-19-41(25(2)22-42)36(43)31-17-27(38-37(44)39-28-12-16-33-34(18-28)46-23-45-33)11-15-32(31)48-35(24)21-40(3)20-26-9-13-30(14-10-26)47-29-7-5-4-6-8-29/h4-18,24-25,35,42H,19-23H2,1-3H3,(H2,38,39,44)/t24-,25+,35-/m0/s1. The highest BCUT2D eigenvalue weighted by atomic mass is 16.7. The van der Waals surface area contributed by atoms with Gasteiger partial charge < -0.3 is 39.6 Å². The summed E-state index contributed by atoms with van der Waals surface area (Å²) in [5, 5.41) is 15.6. The fraction of sp³-hybridized carbons (Fsp3) is 0.297. The van der Waals surface area contributed by atoms with E-state index in [1.165, 1.54) is 0 Å². The van der Waals surface area contributed by atoms with Gasteiger partial charge in [-0.2, -0.15) is 0 Å². The molecule has 2 heterocycles. The maximum absolute atomic E-state index is 13.8. The molecular weight excluding hydrogens is 612 g/mol. The number of likely N-dealkylation sites (N-methyl/N-ethyl adjacent to an activating group) is 1. The van der Waals surface area contributed by atoms with Crippen LogP contribution in [0.15, 0.2) is 91.0 Å². The summed E-state index contributed by atoms with van der Waals surface area (Å²) in [5.41, 5.74) is 2.38. The van der Waals surface area contributed by atoms with Crippen molar-refractivity contribution in [1.29, 1.82) is 0 Å². The number of aliphatic hydroxyl groups excluding tert-OH is 1. The highest BCUT2D eigenvalue weighted by Gasteiger charge is 2.33. The molecule has 3 N–H and O–H groups in total. The lowest BCUT2D eigenvalue weighted by molar-refractivity contribution is 0.0341. The lowest BCUT2D eigenvalue weighted by Crippen LogP contribution is -2.49. The van der Waals surface area contributed by atoms with Crippen molar-refractivity contribution in [2.75, 3.05) is 44.2 Å². The number of aliphatic hydroxyl groups is 1. The maximum Gasteiger partial charge on any atom is 0.323 e. The molecular formula is C37H40N4O7. The van der Waals surface area contributed by atoms with Gasteiger partial charge in [-0.3, -0.25) is 9.69 Å². The molecule has 0 fully saturated rings. The first kappa shape index (κ1) is 32.7. The normalized spacial score (nSPS) is 17.5. The third kappa shape index (κ3) is 7.81. The Labute approximate surface area is 280 Å². The van der Waals surface area contributed by atoms with Crippen molar-refractivity contribution < 1.29 is 33.6 Å². The van der Waals surface area contributed by atoms with Gasteiger partial charge in [-0.05, 0) is 74.1 Å². The minimum atomic E-state index is -0.485. The van der Waals surface area contributed by atoms with Crippen LogP contribution in [-0.4, -0.2) is 72.5 Å². The second kappa shape index (κ2) is 14.7. The van der Waals surface area contributed by atoms with Crippen LogP contribution in [0.1, 0.15) is 29.8 Å². The number of carbonyl (C=O) groups is 2. The van der Waals surface area contributed by atoms with Gasteiger partial charge in [0.1, 0.15) is 23.4 Å². The van der Waals surface area contributed by atoms with E-state index in [9.17, 15) is 14.7 Å². The van der Waals surface area contributed by atoms with E-state index in [1.54, 1.807) is 41.3 Å². The van der Waals surface area contributed by atoms with Gasteiger partial charge in [-0.25, -0.2) is 4.79 Å². The molecule has 11 nitrogen and oxygen atoms in total. The van der Waals surface area contributed by atoms with Crippen LogP contribution in [-0.2, 0) is 6.54 Å². The minimum absolute atomic E-state index is 0.0366. The maximum atomic E-state index is 13.8. The fourth-order valence-electron chi connectivity index (χ4n) is 5.76. The van der Waals surface area contributed by atoms with Crippen LogP contribution in [0, 0.1) is 5.92 Å². The van der Waals surface area contributed by atoms with Crippen molar-refractivity contribution in [3.05, 3.63) is 102 Å². The zero-order valence-corrected chi connectivity index (χ0v) is 27.2. The van der Waals surface area contributed by atoms with Crippen LogP contribution in [0.4, 0.5) is 16.2 Å². The van der Waals surface area contributed by atoms with E-state index >= 15 is 0 Å². The number of benzene rings is 4. The summed E-state index contributed by atoms with van der Waals surface area (Å²) in [4.78, 5) is 30.6. The highest BCUT2D eigenvalue weighted by Crippen LogP contribution is 2.35. The molecule has 2 aliphatic heterocycles. The van der Waals surface area contributed by atoms with Crippen LogP contribution in [0.2, 0.25) is 0 Å². The van der Waals surface area contributed by atoms with Crippen LogP contribution in [0.25, 0.3) is 0 Å². The fourth-order valence-corrected chi connectivity index (χ4v) is 5.76. The lowest BCUT2D eigenvalue weighted by Gasteiger charge is -2.38. The van der Waals surface area contributed by atoms with Gasteiger partial charge in [0, 0.05) is 43.0 Å². The smallest absolute Gasteiger partial charge is 0.323 e. The van der Waals surface area contributed by atoms with Crippen molar-refractivity contribution in [1.82, 2.24) is 9.80 Å². The molecule has 6 rings (SSSR count). The van der Waals surface area contributed by atoms with E-state index in [4.69, 9.17) is 18.9 Å². The Hall–Kier alpha value is -5.26. The predicted octanol–water partition coefficient (Wildman–Crippen LogP) is 6.20. The van der Waals surface area contributed by atoms with Gasteiger partial charge in [0.25, 0.3) is 5.91 Å². The Morgan fingerprint density at radius 1 is 0.938 bits per heavy atom. The molecule has 2 aliphatic rings. The number of carbonyl (C=O) groups excluding carboxylic acids is 2. The van der Waals surface area contributed by atoms with Gasteiger partial charge in [-0.1, -0.05) is 37.3 Å². The molecule has 3 amide bonds. The first-order valence-electron chi connectivity index (χ1n) is 16.0. The van der Waals surface area contributed by atoms with Crippen LogP contribution < -0.4 is 29.6 Å². The average Bonchev–Trinajstić information content (AvgIpc) is 3.56. The number of amides is 3. The quantitative estimate of drug-likeness (QED) is 0.185. The number of hydrogen-bond acceptors (Lipinski definition) is 8. The monoisotopic (exact) mass is 652 g/mol. The third-order valence-electron chi connectivity index (χ3n) is 8.40. The number of urea groups is 1. The van der Waals surface area contributed by atoms with Crippen molar-refractivity contribution in [2.24, 2.45) is 5.92 Å². The molecule has 0 aromatic heterocycles. The van der Waals surface area contributed by atoms with Crippen LogP contribution in [0.3, 0.4) is 0 Å². The molecule has 0 saturated heterocycles. The summed E-state index contributed by atoms with van der Waals surface area (Å²) in [5.74, 6) is 2.83. The Morgan fingerprint density at radius 3 is 2.33 bits per heavy atom. The topological polar surface area (TPSA) is 122 Å². The second-order valence-electron chi connectivity index (χ2n) is 12.2. The molecule has 0 radical (unpaired) electrons. The van der Waals surface area contributed by atoms with E-state index in [2.05, 4.69) is 22.5 Å². The first-order valence-corrected chi connectivity index (χ1v) is 16.0. The molecule has 48 heavy (non-hydrogen) atoms. The second-order valence-corrected chi connectivity index (χ2v) is 12.2. The number of hydrogen-bond donors (Lipinski definition) is 3. The summed E-state index contributed by atoms with van der Waals surface area (Å²) < 4.78 is 23.2. The molecule has 0 aliphatic carbocycles. The van der Waals surface area contributed by atoms with Gasteiger partial charge in [0.2, 0.25) is 6.79 Å². The highest BCUT2D eigenvalue weighted by molar-refractivity contribution is 6.02. The summed E-state index contributed by atoms with van der Waals surface area (Å²) in [6.45, 7) is 5.50. The zero-order valence-electron chi connectivity index (χ0n) is 27.2. The number of fused-ring (bicyclic) bond motifs is 2. The summed E-state index contributed by atoms with van der Waals surface area (Å²) in [6, 6.07) is 26.9. The summed E-state index contributed by atoms with van der Waals surface area (Å²) in [6.07, 6.45) is -0.260. The van der Waals surface area contributed by atoms with Crippen molar-refractivity contribution in [2.45, 2.75) is 32.5 Å². The molecule has 11 heteroatoms. The molecule has 0 bridgehead atoms. The Kier molecular flexibility index (Phi) is 9.98. The average molecular weight is 653 g/mol. The van der Waals surface area contributed by atoms with E-state index in [1.807, 2.05) is 68.6 Å². The molecule has 250 valence electrons. The predicted molar refractivity (Wildman–Crippen MR) is 182 cm³/mol. The largest absolute Gasteiger partial charge is 0.488 e. The Morgan fingerprint density at radius 2 is 1.60 bits per heavy atom. The summed E-state index contributed by atoms with van der Waals surface area (Å²) in [7, 11) is 2.04. The van der Waals surface area contributed by atoms with E-state index in [0.29, 0.717) is 53.8 Å². The number of nitrogens with one attached hydrogen (secondary N) is 2. The van der Waals surface area contributed by atoms with Gasteiger partial charge in [0.15, 0.2) is 11.5 Å². The Balaban J connectivity index is 1.15. The number of para-hydroxylation sites is 1. The number of nitrogens with zero attached hydrogens (tertiary/aromatic N) is 2. The van der Waals surface area contributed by atoms with Crippen LogP contribution in [0.5, 0.6) is 28.7 Å². The SMILES string of the molecule is C[C@H](CO)N1C[C@H](C)[C@H](CN(C)Cc2ccc(Oc3ccccc3)cc2)Oc2ccc(NC(=O)Nc3ccc4c(c3)OCO4)cc2C1=O. The first-order chi connectivity index (χ1) is 23.2. The van der Waals surface area contributed by atoms with E-state index in [-0.39, 0.29) is 31.3 Å². The molecule has 0 saturated carbocycles. The number of anilines is 2. The van der Waals surface area contributed by atoms with E-state index in [0.717, 1.165) is 17.1 Å². The van der Waals surface area contributed by atoms with Crippen molar-refractivity contribution in [3.8, 4) is 28.7 Å². The van der Waals surface area contributed by atoms with Gasteiger partial charge in [0.05, 0.1) is 18.2 Å². The molecule has 4 aromatic carbocycles. The minimum Gasteiger partial charge on any atom is -0.488 e. The molecule has 0 unspecified atom stereocenters. The number of ether oxygens (including phenoxy) is 4. The third-order valence-corrected chi connectivity index (χ3v) is 8.40. The zero-order chi connectivity index (χ0) is 33.6. The Bertz CT molecular complexity index is 1730. The van der Waals surface area contributed by atoms with Gasteiger partial charge in [-0.15, -0.1) is 0 Å². The molecule has 0 spiro atoms. The lowest BCUT2D eigenvalue weighted by atomic mass is 9.99. The number of rotatable bonds is 10.